The van der Waals surface area contributed by atoms with E-state index < -0.39 is 30.1 Å². The van der Waals surface area contributed by atoms with Crippen LogP contribution in [0, 0.1) is 11.8 Å². The van der Waals surface area contributed by atoms with Crippen LogP contribution >= 0.6 is 11.3 Å². The Bertz CT molecular complexity index is 1060. The minimum Gasteiger partial charge on any atom is -0.467 e. The van der Waals surface area contributed by atoms with Crippen LogP contribution in [-0.4, -0.2) is 64.6 Å². The number of ether oxygens (including phenoxy) is 1. The Balaban J connectivity index is 2.16. The Morgan fingerprint density at radius 3 is 2.38 bits per heavy atom. The van der Waals surface area contributed by atoms with Crippen LogP contribution in [0.3, 0.4) is 0 Å². The second-order valence-corrected chi connectivity index (χ2v) is 11.2. The standard InChI is InChI=1S/C29H44N4O5S/c1-7-14-33(28(36)25(30)19(5)8-2)23(18(3)4)16-24(34)27-32-22(17-39-27)26(35)31-21(29(37)38-6)15-20-12-10-9-11-13-20/h9-13,17-19,21,23-25,34H,7-8,14-16,30H2,1-6H3,(H,31,35)/t19?,21-,23+,24+,25-/m0/s1. The van der Waals surface area contributed by atoms with E-state index in [-0.39, 0.29) is 42.3 Å². The van der Waals surface area contributed by atoms with Gasteiger partial charge in [-0.1, -0.05) is 71.4 Å². The van der Waals surface area contributed by atoms with Crippen LogP contribution < -0.4 is 11.1 Å². The Labute approximate surface area is 236 Å². The summed E-state index contributed by atoms with van der Waals surface area (Å²) in [6.07, 6.45) is 1.13. The van der Waals surface area contributed by atoms with E-state index in [2.05, 4.69) is 10.3 Å². The first kappa shape index (κ1) is 32.4. The lowest BCUT2D eigenvalue weighted by molar-refractivity contribution is -0.143. The Morgan fingerprint density at radius 2 is 1.82 bits per heavy atom. The summed E-state index contributed by atoms with van der Waals surface area (Å²) in [4.78, 5) is 44.8. The Kier molecular flexibility index (Phi) is 13.0. The van der Waals surface area contributed by atoms with Crippen molar-refractivity contribution in [2.45, 2.75) is 84.5 Å². The lowest BCUT2D eigenvalue weighted by Gasteiger charge is -2.38. The zero-order valence-electron chi connectivity index (χ0n) is 23.9. The van der Waals surface area contributed by atoms with E-state index in [0.29, 0.717) is 11.6 Å². The maximum absolute atomic E-state index is 13.3. The molecule has 2 aromatic rings. The molecule has 0 fully saturated rings. The van der Waals surface area contributed by atoms with Gasteiger partial charge in [-0.3, -0.25) is 9.59 Å². The van der Waals surface area contributed by atoms with Crippen molar-refractivity contribution in [3.05, 3.63) is 52.0 Å². The van der Waals surface area contributed by atoms with Crippen LogP contribution in [0.5, 0.6) is 0 Å². The van der Waals surface area contributed by atoms with Crippen LogP contribution in [0.2, 0.25) is 0 Å². The van der Waals surface area contributed by atoms with Crippen molar-refractivity contribution >= 4 is 29.1 Å². The van der Waals surface area contributed by atoms with E-state index in [4.69, 9.17) is 10.5 Å². The van der Waals surface area contributed by atoms with Crippen molar-refractivity contribution in [1.29, 1.82) is 0 Å². The molecule has 1 aromatic carbocycles. The van der Waals surface area contributed by atoms with E-state index in [1.807, 2.05) is 65.0 Å². The number of nitrogens with zero attached hydrogens (tertiary/aromatic N) is 2. The van der Waals surface area contributed by atoms with Crippen molar-refractivity contribution in [3.8, 4) is 0 Å². The number of aliphatic hydroxyl groups excluding tert-OH is 1. The zero-order valence-corrected chi connectivity index (χ0v) is 24.7. The van der Waals surface area contributed by atoms with Crippen molar-refractivity contribution in [2.75, 3.05) is 13.7 Å². The van der Waals surface area contributed by atoms with E-state index in [0.717, 1.165) is 18.4 Å². The molecule has 1 unspecified atom stereocenters. The fourth-order valence-corrected chi connectivity index (χ4v) is 5.22. The van der Waals surface area contributed by atoms with E-state index in [1.54, 1.807) is 10.3 Å². The number of nitrogens with two attached hydrogens (primary N) is 1. The summed E-state index contributed by atoms with van der Waals surface area (Å²) in [5.74, 6) is -1.08. The molecule has 0 aliphatic heterocycles. The van der Waals surface area contributed by atoms with Gasteiger partial charge in [0.15, 0.2) is 0 Å². The van der Waals surface area contributed by atoms with Gasteiger partial charge in [0.2, 0.25) is 5.91 Å². The predicted molar refractivity (Wildman–Crippen MR) is 153 cm³/mol. The summed E-state index contributed by atoms with van der Waals surface area (Å²) in [5.41, 5.74) is 7.28. The van der Waals surface area contributed by atoms with Crippen LogP contribution in [0.4, 0.5) is 0 Å². The Morgan fingerprint density at radius 1 is 1.15 bits per heavy atom. The predicted octanol–water partition coefficient (Wildman–Crippen LogP) is 3.72. The lowest BCUT2D eigenvalue weighted by atomic mass is 9.93. The SMILES string of the molecule is CCCN(C(=O)[C@@H](N)C(C)CC)[C@H](C[C@@H](O)c1nc(C(=O)N[C@@H](Cc2ccccc2)C(=O)OC)cs1)C(C)C. The molecule has 0 saturated carbocycles. The fourth-order valence-electron chi connectivity index (χ4n) is 4.42. The van der Waals surface area contributed by atoms with Gasteiger partial charge in [-0.15, -0.1) is 11.3 Å². The molecule has 0 aliphatic carbocycles. The quantitative estimate of drug-likeness (QED) is 0.283. The van der Waals surface area contributed by atoms with Gasteiger partial charge in [0, 0.05) is 30.8 Å². The van der Waals surface area contributed by atoms with Crippen LogP contribution in [0.15, 0.2) is 35.7 Å². The molecular weight excluding hydrogens is 516 g/mol. The molecule has 1 aromatic heterocycles. The molecule has 1 heterocycles. The second-order valence-electron chi connectivity index (χ2n) is 10.3. The number of hydrogen-bond donors (Lipinski definition) is 3. The summed E-state index contributed by atoms with van der Waals surface area (Å²) in [7, 11) is 1.28. The third kappa shape index (κ3) is 9.12. The molecule has 2 rings (SSSR count). The number of benzene rings is 1. The number of hydrogen-bond acceptors (Lipinski definition) is 8. The number of esters is 1. The van der Waals surface area contributed by atoms with Crippen LogP contribution in [0.1, 0.15) is 81.0 Å². The Hall–Kier alpha value is -2.82. The first-order valence-corrected chi connectivity index (χ1v) is 14.5. The highest BCUT2D eigenvalue weighted by Gasteiger charge is 2.33. The van der Waals surface area contributed by atoms with E-state index >= 15 is 0 Å². The minimum atomic E-state index is -0.975. The van der Waals surface area contributed by atoms with Gasteiger partial charge < -0.3 is 25.8 Å². The zero-order chi connectivity index (χ0) is 29.1. The molecule has 4 N–H and O–H groups in total. The second kappa shape index (κ2) is 15.7. The molecule has 0 bridgehead atoms. The maximum Gasteiger partial charge on any atom is 0.328 e. The van der Waals surface area contributed by atoms with Crippen molar-refractivity contribution < 1.29 is 24.2 Å². The smallest absolute Gasteiger partial charge is 0.328 e. The summed E-state index contributed by atoms with van der Waals surface area (Å²) in [6, 6.07) is 7.59. The molecule has 39 heavy (non-hydrogen) atoms. The molecular formula is C29H44N4O5S. The van der Waals surface area contributed by atoms with Crippen LogP contribution in [0.25, 0.3) is 0 Å². The minimum absolute atomic E-state index is 0.0466. The number of aromatic nitrogens is 1. The number of carbonyl (C=O) groups excluding carboxylic acids is 3. The monoisotopic (exact) mass is 560 g/mol. The summed E-state index contributed by atoms with van der Waals surface area (Å²) in [6.45, 7) is 10.6. The number of aliphatic hydroxyl groups is 1. The average molecular weight is 561 g/mol. The summed E-state index contributed by atoms with van der Waals surface area (Å²) < 4.78 is 4.88. The normalized spacial score (nSPS) is 15.2. The van der Waals surface area contributed by atoms with Gasteiger partial charge in [0.25, 0.3) is 5.91 Å². The number of methoxy groups -OCH3 is 1. The van der Waals surface area contributed by atoms with Gasteiger partial charge in [-0.05, 0) is 23.8 Å². The first-order chi connectivity index (χ1) is 18.5. The average Bonchev–Trinajstić information content (AvgIpc) is 3.44. The molecule has 0 spiro atoms. The first-order valence-electron chi connectivity index (χ1n) is 13.7. The molecule has 5 atom stereocenters. The van der Waals surface area contributed by atoms with E-state index in [1.165, 1.54) is 18.4 Å². The number of amides is 2. The van der Waals surface area contributed by atoms with Gasteiger partial charge in [0.05, 0.1) is 13.2 Å². The van der Waals surface area contributed by atoms with Gasteiger partial charge in [-0.25, -0.2) is 9.78 Å². The van der Waals surface area contributed by atoms with Gasteiger partial charge in [0.1, 0.15) is 22.8 Å². The number of thiazole rings is 1. The molecule has 0 saturated heterocycles. The highest BCUT2D eigenvalue weighted by atomic mass is 32.1. The van der Waals surface area contributed by atoms with Crippen molar-refractivity contribution in [3.63, 3.8) is 0 Å². The van der Waals surface area contributed by atoms with Crippen LogP contribution in [-0.2, 0) is 20.7 Å². The van der Waals surface area contributed by atoms with Gasteiger partial charge in [-0.2, -0.15) is 0 Å². The largest absolute Gasteiger partial charge is 0.467 e. The van der Waals surface area contributed by atoms with Crippen molar-refractivity contribution in [1.82, 2.24) is 15.2 Å². The molecule has 0 aliphatic rings. The molecule has 9 nitrogen and oxygen atoms in total. The summed E-state index contributed by atoms with van der Waals surface area (Å²) in [5, 5.41) is 15.7. The summed E-state index contributed by atoms with van der Waals surface area (Å²) >= 11 is 1.17. The molecule has 10 heteroatoms. The molecule has 216 valence electrons. The highest BCUT2D eigenvalue weighted by molar-refractivity contribution is 7.09. The third-order valence-corrected chi connectivity index (χ3v) is 7.98. The topological polar surface area (TPSA) is 135 Å². The molecule has 2 amide bonds. The molecule has 0 radical (unpaired) electrons. The lowest BCUT2D eigenvalue weighted by Crippen LogP contribution is -2.53. The highest BCUT2D eigenvalue weighted by Crippen LogP contribution is 2.28. The third-order valence-electron chi connectivity index (χ3n) is 7.04. The van der Waals surface area contributed by atoms with Gasteiger partial charge >= 0.3 is 5.97 Å². The fraction of sp³-hybridized carbons (Fsp3) is 0.586. The van der Waals surface area contributed by atoms with Crippen molar-refractivity contribution in [2.24, 2.45) is 17.6 Å². The number of carbonyl (C=O) groups is 3. The maximum atomic E-state index is 13.3. The number of nitrogens with one attached hydrogen (secondary N) is 1. The van der Waals surface area contributed by atoms with E-state index in [9.17, 15) is 19.5 Å². The number of rotatable bonds is 15.